The number of methoxy groups -OCH3 is 1. The normalized spacial score (nSPS) is 15.1. The number of rotatable bonds is 11. The molecule has 1 fully saturated rings. The number of ether oxygens (including phenoxy) is 1. The summed E-state index contributed by atoms with van der Waals surface area (Å²) < 4.78 is 32.3. The van der Waals surface area contributed by atoms with Crippen LogP contribution >= 0.6 is 0 Å². The summed E-state index contributed by atoms with van der Waals surface area (Å²) in [6, 6.07) is 4.58. The molecule has 2 N–H and O–H groups in total. The molecule has 0 aliphatic carbocycles. The van der Waals surface area contributed by atoms with Crippen LogP contribution in [-0.4, -0.2) is 89.6 Å². The van der Waals surface area contributed by atoms with E-state index in [0.29, 0.717) is 44.8 Å². The molecule has 10 heteroatoms. The van der Waals surface area contributed by atoms with Crippen LogP contribution in [0, 0.1) is 6.92 Å². The van der Waals surface area contributed by atoms with Crippen molar-refractivity contribution in [1.29, 1.82) is 0 Å². The van der Waals surface area contributed by atoms with Crippen LogP contribution in [0.3, 0.4) is 0 Å². The van der Waals surface area contributed by atoms with Crippen molar-refractivity contribution in [1.82, 2.24) is 19.8 Å². The third-order valence-electron chi connectivity index (χ3n) is 5.23. The summed E-state index contributed by atoms with van der Waals surface area (Å²) in [5.74, 6) is -0.193. The molecule has 1 aromatic carbocycles. The Bertz CT molecular complexity index is 851. The fourth-order valence-electron chi connectivity index (χ4n) is 3.30. The second-order valence-corrected chi connectivity index (χ2v) is 9.41. The van der Waals surface area contributed by atoms with Gasteiger partial charge < -0.3 is 15.0 Å². The first kappa shape index (κ1) is 25.3. The zero-order chi connectivity index (χ0) is 22.9. The summed E-state index contributed by atoms with van der Waals surface area (Å²) in [5.41, 5.74) is 1.10. The average molecular weight is 455 g/mol. The number of amides is 2. The highest BCUT2D eigenvalue weighted by atomic mass is 32.2. The molecule has 2 amide bonds. The summed E-state index contributed by atoms with van der Waals surface area (Å²) in [4.78, 5) is 28.8. The second-order valence-electron chi connectivity index (χ2n) is 7.64. The van der Waals surface area contributed by atoms with Gasteiger partial charge in [-0.2, -0.15) is 0 Å². The standard InChI is InChI=1S/C21H34N4O5S/c1-4-5-8-22-20(26)16-24-10-12-25(13-11-24)21(27)19-15-18(7-6-17(19)2)31(28,29)23-9-14-30-3/h6-7,15,23H,4-5,8-14,16H2,1-3H3,(H,22,26). The van der Waals surface area contributed by atoms with Crippen LogP contribution in [0.5, 0.6) is 0 Å². The Morgan fingerprint density at radius 2 is 1.84 bits per heavy atom. The molecule has 0 saturated carbocycles. The van der Waals surface area contributed by atoms with Crippen LogP contribution in [-0.2, 0) is 19.6 Å². The SMILES string of the molecule is CCCCNC(=O)CN1CCN(C(=O)c2cc(S(=O)(=O)NCCOC)ccc2C)CC1. The predicted molar refractivity (Wildman–Crippen MR) is 119 cm³/mol. The second kappa shape index (κ2) is 12.1. The quantitative estimate of drug-likeness (QED) is 0.474. The highest BCUT2D eigenvalue weighted by molar-refractivity contribution is 7.89. The Morgan fingerprint density at radius 1 is 1.13 bits per heavy atom. The Hall–Kier alpha value is -2.01. The van der Waals surface area contributed by atoms with Crippen LogP contribution in [0.2, 0.25) is 0 Å². The van der Waals surface area contributed by atoms with Crippen molar-refractivity contribution in [3.63, 3.8) is 0 Å². The summed E-state index contributed by atoms with van der Waals surface area (Å²) in [6.07, 6.45) is 2.00. The van der Waals surface area contributed by atoms with Gasteiger partial charge in [0, 0.05) is 51.9 Å². The van der Waals surface area contributed by atoms with Gasteiger partial charge in [-0.25, -0.2) is 13.1 Å². The number of aryl methyl sites for hydroxylation is 1. The number of nitrogens with zero attached hydrogens (tertiary/aromatic N) is 2. The number of carbonyl (C=O) groups is 2. The lowest BCUT2D eigenvalue weighted by atomic mass is 10.1. The van der Waals surface area contributed by atoms with E-state index >= 15 is 0 Å². The summed E-state index contributed by atoms with van der Waals surface area (Å²) >= 11 is 0. The van der Waals surface area contributed by atoms with Gasteiger partial charge in [0.25, 0.3) is 5.91 Å². The monoisotopic (exact) mass is 454 g/mol. The number of hydrogen-bond acceptors (Lipinski definition) is 6. The Labute approximate surface area is 185 Å². The van der Waals surface area contributed by atoms with Gasteiger partial charge in [-0.15, -0.1) is 0 Å². The van der Waals surface area contributed by atoms with Crippen molar-refractivity contribution in [3.05, 3.63) is 29.3 Å². The van der Waals surface area contributed by atoms with Gasteiger partial charge in [0.2, 0.25) is 15.9 Å². The van der Waals surface area contributed by atoms with E-state index in [9.17, 15) is 18.0 Å². The number of benzene rings is 1. The molecule has 1 aromatic rings. The highest BCUT2D eigenvalue weighted by Gasteiger charge is 2.25. The first-order valence-corrected chi connectivity index (χ1v) is 12.1. The molecular weight excluding hydrogens is 420 g/mol. The first-order valence-electron chi connectivity index (χ1n) is 10.7. The third kappa shape index (κ3) is 7.57. The smallest absolute Gasteiger partial charge is 0.254 e. The van der Waals surface area contributed by atoms with Crippen molar-refractivity contribution < 1.29 is 22.7 Å². The van der Waals surface area contributed by atoms with Gasteiger partial charge in [-0.1, -0.05) is 19.4 Å². The van der Waals surface area contributed by atoms with Crippen LogP contribution in [0.15, 0.2) is 23.1 Å². The Kier molecular flexibility index (Phi) is 9.89. The van der Waals surface area contributed by atoms with Gasteiger partial charge in [0.15, 0.2) is 0 Å². The fourth-order valence-corrected chi connectivity index (χ4v) is 4.34. The van der Waals surface area contributed by atoms with Crippen LogP contribution in [0.4, 0.5) is 0 Å². The minimum absolute atomic E-state index is 0.00273. The van der Waals surface area contributed by atoms with E-state index in [4.69, 9.17) is 4.74 Å². The highest BCUT2D eigenvalue weighted by Crippen LogP contribution is 2.18. The van der Waals surface area contributed by atoms with Crippen molar-refractivity contribution in [3.8, 4) is 0 Å². The molecular formula is C21H34N4O5S. The summed E-state index contributed by atoms with van der Waals surface area (Å²) in [7, 11) is -2.23. The maximum atomic E-state index is 13.1. The van der Waals surface area contributed by atoms with Crippen molar-refractivity contribution >= 4 is 21.8 Å². The van der Waals surface area contributed by atoms with Gasteiger partial charge in [-0.05, 0) is 31.0 Å². The molecule has 0 atom stereocenters. The summed E-state index contributed by atoms with van der Waals surface area (Å²) in [6.45, 7) is 7.48. The topological polar surface area (TPSA) is 108 Å². The van der Waals surface area contributed by atoms with Crippen LogP contribution in [0.25, 0.3) is 0 Å². The molecule has 0 spiro atoms. The molecule has 174 valence electrons. The van der Waals surface area contributed by atoms with Crippen molar-refractivity contribution in [2.75, 3.05) is 59.5 Å². The molecule has 2 rings (SSSR count). The van der Waals surface area contributed by atoms with Crippen LogP contribution in [0.1, 0.15) is 35.7 Å². The molecule has 0 radical (unpaired) electrons. The predicted octanol–water partition coefficient (Wildman–Crippen LogP) is 0.594. The number of hydrogen-bond donors (Lipinski definition) is 2. The van der Waals surface area contributed by atoms with Gasteiger partial charge in [0.05, 0.1) is 18.0 Å². The average Bonchev–Trinajstić information content (AvgIpc) is 2.74. The number of piperazine rings is 1. The van der Waals surface area contributed by atoms with E-state index in [-0.39, 0.29) is 29.9 Å². The molecule has 1 heterocycles. The Morgan fingerprint density at radius 3 is 2.48 bits per heavy atom. The van der Waals surface area contributed by atoms with Crippen molar-refractivity contribution in [2.24, 2.45) is 0 Å². The van der Waals surface area contributed by atoms with Gasteiger partial charge in [0.1, 0.15) is 0 Å². The van der Waals surface area contributed by atoms with E-state index in [0.717, 1.165) is 18.4 Å². The lowest BCUT2D eigenvalue weighted by Gasteiger charge is -2.34. The van der Waals surface area contributed by atoms with E-state index in [1.54, 1.807) is 17.9 Å². The van der Waals surface area contributed by atoms with E-state index in [2.05, 4.69) is 17.0 Å². The molecule has 1 aliphatic rings. The molecule has 0 aromatic heterocycles. The third-order valence-corrected chi connectivity index (χ3v) is 6.69. The molecule has 9 nitrogen and oxygen atoms in total. The molecule has 1 aliphatic heterocycles. The van der Waals surface area contributed by atoms with E-state index in [1.807, 2.05) is 4.90 Å². The zero-order valence-electron chi connectivity index (χ0n) is 18.6. The largest absolute Gasteiger partial charge is 0.383 e. The van der Waals surface area contributed by atoms with E-state index in [1.165, 1.54) is 19.2 Å². The molecule has 0 unspecified atom stereocenters. The molecule has 1 saturated heterocycles. The maximum Gasteiger partial charge on any atom is 0.254 e. The number of nitrogens with one attached hydrogen (secondary N) is 2. The maximum absolute atomic E-state index is 13.1. The Balaban J connectivity index is 1.97. The van der Waals surface area contributed by atoms with Crippen LogP contribution < -0.4 is 10.0 Å². The number of unbranched alkanes of at least 4 members (excludes halogenated alkanes) is 1. The lowest BCUT2D eigenvalue weighted by Crippen LogP contribution is -2.51. The first-order chi connectivity index (χ1) is 14.8. The number of sulfonamides is 1. The van der Waals surface area contributed by atoms with Crippen molar-refractivity contribution in [2.45, 2.75) is 31.6 Å². The summed E-state index contributed by atoms with van der Waals surface area (Å²) in [5, 5.41) is 2.90. The molecule has 0 bridgehead atoms. The minimum Gasteiger partial charge on any atom is -0.383 e. The zero-order valence-corrected chi connectivity index (χ0v) is 19.5. The molecule has 31 heavy (non-hydrogen) atoms. The van der Waals surface area contributed by atoms with Gasteiger partial charge in [-0.3, -0.25) is 14.5 Å². The fraction of sp³-hybridized carbons (Fsp3) is 0.619. The van der Waals surface area contributed by atoms with Gasteiger partial charge >= 0.3 is 0 Å². The van der Waals surface area contributed by atoms with E-state index < -0.39 is 10.0 Å². The minimum atomic E-state index is -3.72. The lowest BCUT2D eigenvalue weighted by molar-refractivity contribution is -0.122. The number of carbonyl (C=O) groups excluding carboxylic acids is 2.